The molecule has 0 aliphatic rings. The first-order valence-electron chi connectivity index (χ1n) is 8.56. The van der Waals surface area contributed by atoms with Crippen LogP contribution in [0.2, 0.25) is 0 Å². The number of thioether (sulfide) groups is 1. The topological polar surface area (TPSA) is 83.5 Å². The number of ether oxygens (including phenoxy) is 1. The van der Waals surface area contributed by atoms with Crippen molar-refractivity contribution in [2.45, 2.75) is 24.3 Å². The first kappa shape index (κ1) is 17.5. The lowest BCUT2D eigenvalue weighted by Gasteiger charge is -2.11. The van der Waals surface area contributed by atoms with Gasteiger partial charge in [-0.05, 0) is 40.6 Å². The van der Waals surface area contributed by atoms with E-state index in [0.717, 1.165) is 39.6 Å². The van der Waals surface area contributed by atoms with Gasteiger partial charge in [-0.15, -0.1) is 0 Å². The van der Waals surface area contributed by atoms with Crippen LogP contribution in [0, 0.1) is 0 Å². The Hall–Kier alpha value is -2.94. The summed E-state index contributed by atoms with van der Waals surface area (Å²) in [6.45, 7) is 2.11. The van der Waals surface area contributed by atoms with Crippen LogP contribution >= 0.6 is 11.8 Å². The van der Waals surface area contributed by atoms with Gasteiger partial charge in [-0.3, -0.25) is 9.55 Å². The Balaban J connectivity index is 1.74. The quantitative estimate of drug-likeness (QED) is 0.475. The Bertz CT molecular complexity index is 1090. The molecule has 0 unspecified atom stereocenters. The lowest BCUT2D eigenvalue weighted by atomic mass is 10.1. The highest BCUT2D eigenvalue weighted by atomic mass is 32.2. The third-order valence-electron chi connectivity index (χ3n) is 4.31. The number of aryl methyl sites for hydroxylation is 2. The number of fused-ring (bicyclic) bond motifs is 1. The van der Waals surface area contributed by atoms with E-state index in [2.05, 4.69) is 27.4 Å². The molecule has 0 amide bonds. The van der Waals surface area contributed by atoms with Crippen LogP contribution in [0.4, 0.5) is 0 Å². The van der Waals surface area contributed by atoms with Crippen molar-refractivity contribution in [3.8, 4) is 11.7 Å². The van der Waals surface area contributed by atoms with Crippen LogP contribution < -0.4 is 4.74 Å². The molecule has 9 heteroatoms. The number of para-hydroxylation sites is 2. The molecule has 0 aliphatic carbocycles. The van der Waals surface area contributed by atoms with Gasteiger partial charge < -0.3 is 4.74 Å². The zero-order chi connectivity index (χ0) is 18.8. The van der Waals surface area contributed by atoms with Crippen LogP contribution in [0.3, 0.4) is 0 Å². The number of aromatic nitrogens is 7. The summed E-state index contributed by atoms with van der Waals surface area (Å²) in [6.07, 6.45) is 2.72. The van der Waals surface area contributed by atoms with Gasteiger partial charge in [0.15, 0.2) is 5.16 Å². The Kier molecular flexibility index (Phi) is 4.76. The van der Waals surface area contributed by atoms with Crippen LogP contribution in [-0.4, -0.2) is 41.9 Å². The van der Waals surface area contributed by atoms with Crippen LogP contribution in [0.15, 0.2) is 41.7 Å². The maximum Gasteiger partial charge on any atom is 0.256 e. The number of tetrazole rings is 1. The van der Waals surface area contributed by atoms with Crippen LogP contribution in [0.5, 0.6) is 5.75 Å². The summed E-state index contributed by atoms with van der Waals surface area (Å²) in [5, 5.41) is 12.7. The highest BCUT2D eigenvalue weighted by molar-refractivity contribution is 7.98. The maximum atomic E-state index is 5.60. The van der Waals surface area contributed by atoms with Crippen molar-refractivity contribution in [2.75, 3.05) is 7.11 Å². The summed E-state index contributed by atoms with van der Waals surface area (Å²) in [4.78, 5) is 9.28. The van der Waals surface area contributed by atoms with Crippen molar-refractivity contribution in [3.05, 3.63) is 47.8 Å². The summed E-state index contributed by atoms with van der Waals surface area (Å²) in [6, 6.07) is 9.94. The molecule has 1 aromatic carbocycles. The SMILES string of the molecule is CCc1ccnc(CSc2nc3ccccc3n2-c2nnnn2C)c1OC. The van der Waals surface area contributed by atoms with E-state index < -0.39 is 0 Å². The molecule has 8 nitrogen and oxygen atoms in total. The van der Waals surface area contributed by atoms with Crippen molar-refractivity contribution in [2.24, 2.45) is 7.05 Å². The van der Waals surface area contributed by atoms with Gasteiger partial charge in [-0.25, -0.2) is 9.67 Å². The average molecular weight is 381 g/mol. The number of methoxy groups -OCH3 is 1. The lowest BCUT2D eigenvalue weighted by Crippen LogP contribution is -2.06. The van der Waals surface area contributed by atoms with Crippen molar-refractivity contribution in [1.29, 1.82) is 0 Å². The van der Waals surface area contributed by atoms with Crippen molar-refractivity contribution in [3.63, 3.8) is 0 Å². The van der Waals surface area contributed by atoms with Gasteiger partial charge in [0.05, 0.1) is 23.8 Å². The predicted octanol–water partition coefficient (Wildman–Crippen LogP) is 2.81. The van der Waals surface area contributed by atoms with Gasteiger partial charge in [0.1, 0.15) is 5.75 Å². The molecule has 0 bridgehead atoms. The van der Waals surface area contributed by atoms with Crippen LogP contribution in [0.1, 0.15) is 18.2 Å². The average Bonchev–Trinajstić information content (AvgIpc) is 3.28. The summed E-state index contributed by atoms with van der Waals surface area (Å²) in [5.41, 5.74) is 3.90. The number of imidazole rings is 1. The van der Waals surface area contributed by atoms with Gasteiger partial charge in [0.25, 0.3) is 5.95 Å². The summed E-state index contributed by atoms with van der Waals surface area (Å²) >= 11 is 1.58. The van der Waals surface area contributed by atoms with Gasteiger partial charge in [0, 0.05) is 19.0 Å². The first-order valence-corrected chi connectivity index (χ1v) is 9.55. The minimum Gasteiger partial charge on any atom is -0.495 e. The minimum atomic E-state index is 0.619. The molecule has 0 aliphatic heterocycles. The number of hydrogen-bond acceptors (Lipinski definition) is 7. The molecule has 27 heavy (non-hydrogen) atoms. The van der Waals surface area contributed by atoms with Crippen molar-refractivity contribution < 1.29 is 4.74 Å². The monoisotopic (exact) mass is 381 g/mol. The smallest absolute Gasteiger partial charge is 0.256 e. The maximum absolute atomic E-state index is 5.60. The molecule has 0 N–H and O–H groups in total. The number of pyridine rings is 1. The molecular weight excluding hydrogens is 362 g/mol. The van der Waals surface area contributed by atoms with Gasteiger partial charge >= 0.3 is 0 Å². The molecule has 0 atom stereocenters. The van der Waals surface area contributed by atoms with Crippen LogP contribution in [-0.2, 0) is 19.2 Å². The summed E-state index contributed by atoms with van der Waals surface area (Å²) in [5.74, 6) is 2.09. The standard InChI is InChI=1S/C18H19N7OS/c1-4-12-9-10-19-14(16(12)26-3)11-27-18-20-13-7-5-6-8-15(13)25(18)17-21-22-23-24(17)2/h5-10H,4,11H2,1-3H3. The molecule has 4 aromatic rings. The largest absolute Gasteiger partial charge is 0.495 e. The molecule has 138 valence electrons. The Morgan fingerprint density at radius 1 is 1.19 bits per heavy atom. The van der Waals surface area contributed by atoms with E-state index in [9.17, 15) is 0 Å². The molecule has 0 fully saturated rings. The number of hydrogen-bond donors (Lipinski definition) is 0. The zero-order valence-corrected chi connectivity index (χ0v) is 16.1. The zero-order valence-electron chi connectivity index (χ0n) is 15.3. The normalized spacial score (nSPS) is 11.2. The fourth-order valence-electron chi connectivity index (χ4n) is 3.01. The third-order valence-corrected chi connectivity index (χ3v) is 5.26. The highest BCUT2D eigenvalue weighted by Gasteiger charge is 2.18. The number of nitrogens with zero attached hydrogens (tertiary/aromatic N) is 7. The molecule has 0 spiro atoms. The van der Waals surface area contributed by atoms with E-state index >= 15 is 0 Å². The Labute approximate surface area is 160 Å². The van der Waals surface area contributed by atoms with E-state index in [1.54, 1.807) is 23.6 Å². The number of benzene rings is 1. The molecule has 4 rings (SSSR count). The van der Waals surface area contributed by atoms with E-state index in [0.29, 0.717) is 11.7 Å². The summed E-state index contributed by atoms with van der Waals surface area (Å²) < 4.78 is 9.20. The van der Waals surface area contributed by atoms with Gasteiger partial charge in [0.2, 0.25) is 0 Å². The van der Waals surface area contributed by atoms with Crippen molar-refractivity contribution in [1.82, 2.24) is 34.7 Å². The molecule has 3 heterocycles. The molecular formula is C18H19N7OS. The Morgan fingerprint density at radius 3 is 2.78 bits per heavy atom. The lowest BCUT2D eigenvalue weighted by molar-refractivity contribution is 0.404. The van der Waals surface area contributed by atoms with Gasteiger partial charge in [-0.1, -0.05) is 35.9 Å². The van der Waals surface area contributed by atoms with Crippen LogP contribution in [0.25, 0.3) is 17.0 Å². The minimum absolute atomic E-state index is 0.619. The summed E-state index contributed by atoms with van der Waals surface area (Å²) in [7, 11) is 3.50. The number of rotatable bonds is 6. The highest BCUT2D eigenvalue weighted by Crippen LogP contribution is 2.32. The molecule has 3 aromatic heterocycles. The van der Waals surface area contributed by atoms with E-state index in [1.165, 1.54) is 0 Å². The molecule has 0 saturated carbocycles. The predicted molar refractivity (Wildman–Crippen MR) is 103 cm³/mol. The first-order chi connectivity index (χ1) is 13.2. The Morgan fingerprint density at radius 2 is 2.04 bits per heavy atom. The fourth-order valence-corrected chi connectivity index (χ4v) is 3.95. The van der Waals surface area contributed by atoms with Gasteiger partial charge in [-0.2, -0.15) is 0 Å². The molecule has 0 saturated heterocycles. The second kappa shape index (κ2) is 7.36. The van der Waals surface area contributed by atoms with E-state index in [4.69, 9.17) is 9.72 Å². The molecule has 0 radical (unpaired) electrons. The fraction of sp³-hybridized carbons (Fsp3) is 0.278. The second-order valence-electron chi connectivity index (χ2n) is 5.91. The second-order valence-corrected chi connectivity index (χ2v) is 6.86. The van der Waals surface area contributed by atoms with Crippen molar-refractivity contribution >= 4 is 22.8 Å². The van der Waals surface area contributed by atoms with E-state index in [1.807, 2.05) is 48.1 Å². The van der Waals surface area contributed by atoms with E-state index in [-0.39, 0.29) is 0 Å². The third kappa shape index (κ3) is 3.14.